The van der Waals surface area contributed by atoms with Gasteiger partial charge in [0.05, 0.1) is 5.60 Å². The highest BCUT2D eigenvalue weighted by atomic mass is 16.3. The van der Waals surface area contributed by atoms with Gasteiger partial charge in [-0.15, -0.1) is 0 Å². The van der Waals surface area contributed by atoms with Crippen molar-refractivity contribution in [3.05, 3.63) is 0 Å². The second-order valence-corrected chi connectivity index (χ2v) is 5.90. The number of rotatable bonds is 3. The maximum Gasteiger partial charge on any atom is 0.0797 e. The Morgan fingerprint density at radius 3 is 2.47 bits per heavy atom. The van der Waals surface area contributed by atoms with Gasteiger partial charge in [0, 0.05) is 6.04 Å². The van der Waals surface area contributed by atoms with E-state index in [0.717, 1.165) is 32.2 Å². The van der Waals surface area contributed by atoms with Crippen LogP contribution in [0.5, 0.6) is 0 Å². The maximum atomic E-state index is 10.6. The van der Waals surface area contributed by atoms with Crippen LogP contribution in [-0.2, 0) is 0 Å². The summed E-state index contributed by atoms with van der Waals surface area (Å²) < 4.78 is 0. The third-order valence-corrected chi connectivity index (χ3v) is 4.01. The number of nitrogens with one attached hydrogen (secondary N) is 1. The van der Waals surface area contributed by atoms with Crippen molar-refractivity contribution in [3.63, 3.8) is 0 Å². The van der Waals surface area contributed by atoms with E-state index in [4.69, 9.17) is 0 Å². The van der Waals surface area contributed by atoms with Crippen molar-refractivity contribution in [3.8, 4) is 0 Å². The summed E-state index contributed by atoms with van der Waals surface area (Å²) in [4.78, 5) is 0. The lowest BCUT2D eigenvalue weighted by atomic mass is 9.83. The van der Waals surface area contributed by atoms with Gasteiger partial charge in [0.2, 0.25) is 0 Å². The molecule has 0 radical (unpaired) electrons. The average Bonchev–Trinajstić information content (AvgIpc) is 2.27. The first-order valence-corrected chi connectivity index (χ1v) is 6.35. The Morgan fingerprint density at radius 2 is 1.87 bits per heavy atom. The van der Waals surface area contributed by atoms with E-state index in [1.807, 2.05) is 0 Å². The number of hydrogen-bond donors (Lipinski definition) is 2. The predicted octanol–water partition coefficient (Wildman–Crippen LogP) is 2.71. The molecule has 0 saturated heterocycles. The highest BCUT2D eigenvalue weighted by Crippen LogP contribution is 2.39. The second-order valence-electron chi connectivity index (χ2n) is 5.90. The average molecular weight is 213 g/mol. The Balaban J connectivity index is 2.61. The summed E-state index contributed by atoms with van der Waals surface area (Å²) in [7, 11) is 0. The lowest BCUT2D eigenvalue weighted by molar-refractivity contribution is -0.00835. The van der Waals surface area contributed by atoms with Gasteiger partial charge in [0.15, 0.2) is 0 Å². The van der Waals surface area contributed by atoms with E-state index < -0.39 is 5.60 Å². The van der Waals surface area contributed by atoms with Crippen LogP contribution in [0, 0.1) is 5.41 Å². The summed E-state index contributed by atoms with van der Waals surface area (Å²) >= 11 is 0. The number of likely N-dealkylation sites (N-methyl/N-ethyl adjacent to an activating group) is 1. The van der Waals surface area contributed by atoms with Gasteiger partial charge in [0.25, 0.3) is 0 Å². The molecule has 2 heteroatoms. The summed E-state index contributed by atoms with van der Waals surface area (Å²) in [5.74, 6) is 0. The zero-order valence-corrected chi connectivity index (χ0v) is 10.8. The molecular weight excluding hydrogens is 186 g/mol. The zero-order chi connectivity index (χ0) is 11.5. The van der Waals surface area contributed by atoms with Crippen molar-refractivity contribution in [2.24, 2.45) is 5.41 Å². The van der Waals surface area contributed by atoms with Crippen LogP contribution >= 0.6 is 0 Å². The minimum Gasteiger partial charge on any atom is -0.388 e. The molecule has 0 aromatic heterocycles. The molecule has 2 unspecified atom stereocenters. The van der Waals surface area contributed by atoms with Gasteiger partial charge in [-0.25, -0.2) is 0 Å². The molecule has 0 spiro atoms. The van der Waals surface area contributed by atoms with E-state index in [1.165, 1.54) is 6.42 Å². The SMILES string of the molecule is CCNC(C)C1(O)CCCC(C)(C)CC1. The van der Waals surface area contributed by atoms with Crippen LogP contribution in [0.25, 0.3) is 0 Å². The molecule has 2 N–H and O–H groups in total. The monoisotopic (exact) mass is 213 g/mol. The van der Waals surface area contributed by atoms with Gasteiger partial charge >= 0.3 is 0 Å². The third kappa shape index (κ3) is 3.46. The molecule has 1 rings (SSSR count). The largest absolute Gasteiger partial charge is 0.388 e. The van der Waals surface area contributed by atoms with Crippen LogP contribution in [0.3, 0.4) is 0 Å². The molecule has 1 saturated carbocycles. The van der Waals surface area contributed by atoms with Gasteiger partial charge in [-0.3, -0.25) is 0 Å². The molecule has 0 aliphatic heterocycles. The maximum absolute atomic E-state index is 10.6. The van der Waals surface area contributed by atoms with E-state index >= 15 is 0 Å². The normalized spacial score (nSPS) is 33.4. The van der Waals surface area contributed by atoms with Crippen LogP contribution in [0.1, 0.15) is 59.8 Å². The standard InChI is InChI=1S/C13H27NO/c1-5-14-11(2)13(15)8-6-7-12(3,4)9-10-13/h11,14-15H,5-10H2,1-4H3. The van der Waals surface area contributed by atoms with Gasteiger partial charge in [-0.05, 0) is 44.6 Å². The molecule has 0 aromatic rings. The van der Waals surface area contributed by atoms with E-state index in [-0.39, 0.29) is 6.04 Å². The smallest absolute Gasteiger partial charge is 0.0797 e. The van der Waals surface area contributed by atoms with Crippen molar-refractivity contribution in [1.82, 2.24) is 5.32 Å². The molecule has 0 aromatic carbocycles. The summed E-state index contributed by atoms with van der Waals surface area (Å²) in [5.41, 5.74) is -0.0693. The van der Waals surface area contributed by atoms with Gasteiger partial charge in [-0.2, -0.15) is 0 Å². The minimum absolute atomic E-state index is 0.219. The Kier molecular flexibility index (Phi) is 4.19. The second kappa shape index (κ2) is 4.84. The van der Waals surface area contributed by atoms with E-state index in [9.17, 15) is 5.11 Å². The summed E-state index contributed by atoms with van der Waals surface area (Å²) in [5, 5.41) is 14.0. The molecule has 0 amide bonds. The highest BCUT2D eigenvalue weighted by Gasteiger charge is 2.37. The summed E-state index contributed by atoms with van der Waals surface area (Å²) in [6, 6.07) is 0.219. The van der Waals surface area contributed by atoms with Crippen molar-refractivity contribution in [2.75, 3.05) is 6.54 Å². The van der Waals surface area contributed by atoms with Crippen LogP contribution in [0.4, 0.5) is 0 Å². The van der Waals surface area contributed by atoms with E-state index in [0.29, 0.717) is 5.41 Å². The lowest BCUT2D eigenvalue weighted by Gasteiger charge is -2.34. The van der Waals surface area contributed by atoms with Gasteiger partial charge < -0.3 is 10.4 Å². The molecular formula is C13H27NO. The summed E-state index contributed by atoms with van der Waals surface area (Å²) in [6.45, 7) is 9.78. The van der Waals surface area contributed by atoms with Crippen molar-refractivity contribution in [2.45, 2.75) is 71.4 Å². The molecule has 2 atom stereocenters. The fraction of sp³-hybridized carbons (Fsp3) is 1.00. The fourth-order valence-corrected chi connectivity index (χ4v) is 2.61. The lowest BCUT2D eigenvalue weighted by Crippen LogP contribution is -2.48. The first-order chi connectivity index (χ1) is 6.90. The molecule has 15 heavy (non-hydrogen) atoms. The van der Waals surface area contributed by atoms with Crippen LogP contribution in [0.2, 0.25) is 0 Å². The topological polar surface area (TPSA) is 32.3 Å². The Labute approximate surface area is 94.5 Å². The van der Waals surface area contributed by atoms with Crippen molar-refractivity contribution >= 4 is 0 Å². The molecule has 90 valence electrons. The molecule has 1 fully saturated rings. The Bertz CT molecular complexity index is 203. The number of aliphatic hydroxyl groups is 1. The first kappa shape index (κ1) is 13.0. The molecule has 1 aliphatic rings. The highest BCUT2D eigenvalue weighted by molar-refractivity contribution is 4.93. The molecule has 1 aliphatic carbocycles. The zero-order valence-electron chi connectivity index (χ0n) is 10.8. The van der Waals surface area contributed by atoms with E-state index in [1.54, 1.807) is 0 Å². The molecule has 0 heterocycles. The Hall–Kier alpha value is -0.0800. The van der Waals surface area contributed by atoms with Gasteiger partial charge in [0.1, 0.15) is 0 Å². The summed E-state index contributed by atoms with van der Waals surface area (Å²) in [6.07, 6.45) is 5.42. The number of hydrogen-bond acceptors (Lipinski definition) is 2. The van der Waals surface area contributed by atoms with Crippen molar-refractivity contribution < 1.29 is 5.11 Å². The van der Waals surface area contributed by atoms with E-state index in [2.05, 4.69) is 33.0 Å². The molecule has 0 bridgehead atoms. The van der Waals surface area contributed by atoms with Crippen LogP contribution in [0.15, 0.2) is 0 Å². The quantitative estimate of drug-likeness (QED) is 0.707. The van der Waals surface area contributed by atoms with Crippen molar-refractivity contribution in [1.29, 1.82) is 0 Å². The fourth-order valence-electron chi connectivity index (χ4n) is 2.61. The predicted molar refractivity (Wildman–Crippen MR) is 65.0 cm³/mol. The first-order valence-electron chi connectivity index (χ1n) is 6.35. The minimum atomic E-state index is -0.482. The Morgan fingerprint density at radius 1 is 1.20 bits per heavy atom. The third-order valence-electron chi connectivity index (χ3n) is 4.01. The van der Waals surface area contributed by atoms with Gasteiger partial charge in [-0.1, -0.05) is 27.2 Å². The van der Waals surface area contributed by atoms with Crippen LogP contribution < -0.4 is 5.32 Å². The van der Waals surface area contributed by atoms with Crippen LogP contribution in [-0.4, -0.2) is 23.3 Å². The molecule has 2 nitrogen and oxygen atoms in total.